The molecule has 0 aromatic rings. The molecule has 3 nitrogen and oxygen atoms in total. The highest BCUT2D eigenvalue weighted by Gasteiger charge is 2.12. The van der Waals surface area contributed by atoms with E-state index in [0.717, 1.165) is 37.7 Å². The maximum atomic E-state index is 11.6. The number of hydrogen-bond acceptors (Lipinski definition) is 3. The largest absolute Gasteiger partial charge is 0.443 e. The van der Waals surface area contributed by atoms with Gasteiger partial charge in [-0.3, -0.25) is 5.73 Å². The van der Waals surface area contributed by atoms with E-state index >= 15 is 0 Å². The van der Waals surface area contributed by atoms with E-state index in [1.807, 2.05) is 19.9 Å². The van der Waals surface area contributed by atoms with Crippen LogP contribution >= 0.6 is 0 Å². The molecule has 0 saturated heterocycles. The zero-order valence-corrected chi connectivity index (χ0v) is 10.8. The lowest BCUT2D eigenvalue weighted by Gasteiger charge is -2.13. The van der Waals surface area contributed by atoms with E-state index in [4.69, 9.17) is 10.5 Å². The van der Waals surface area contributed by atoms with Crippen molar-refractivity contribution in [1.29, 1.82) is 0 Å². The molecule has 16 heavy (non-hydrogen) atoms. The van der Waals surface area contributed by atoms with Gasteiger partial charge in [0, 0.05) is 5.57 Å². The van der Waals surface area contributed by atoms with Crippen LogP contribution in [-0.4, -0.2) is 12.2 Å². The van der Waals surface area contributed by atoms with Crippen molar-refractivity contribution in [3.05, 3.63) is 11.6 Å². The van der Waals surface area contributed by atoms with Crippen LogP contribution in [0.1, 0.15) is 59.3 Å². The third kappa shape index (κ3) is 6.62. The average molecular weight is 227 g/mol. The van der Waals surface area contributed by atoms with Gasteiger partial charge in [-0.15, -0.1) is 0 Å². The molecular weight excluding hydrogens is 202 g/mol. The lowest BCUT2D eigenvalue weighted by atomic mass is 10.1. The zero-order chi connectivity index (χ0) is 12.4. The molecule has 94 valence electrons. The van der Waals surface area contributed by atoms with Crippen molar-refractivity contribution in [1.82, 2.24) is 0 Å². The number of rotatable bonds is 8. The van der Waals surface area contributed by atoms with Crippen LogP contribution in [0.25, 0.3) is 0 Å². The van der Waals surface area contributed by atoms with Gasteiger partial charge in [-0.1, -0.05) is 39.7 Å². The molecular formula is C13H25NO2. The summed E-state index contributed by atoms with van der Waals surface area (Å²) in [6, 6.07) is 0. The number of allylic oxidation sites excluding steroid dienone is 1. The highest BCUT2D eigenvalue weighted by Crippen LogP contribution is 2.09. The molecule has 0 aliphatic heterocycles. The summed E-state index contributed by atoms with van der Waals surface area (Å²) in [7, 11) is 0. The Morgan fingerprint density at radius 3 is 2.50 bits per heavy atom. The molecule has 0 aromatic heterocycles. The summed E-state index contributed by atoms with van der Waals surface area (Å²) in [6.07, 6.45) is 7.06. The third-order valence-corrected chi connectivity index (χ3v) is 2.44. The van der Waals surface area contributed by atoms with Gasteiger partial charge >= 0.3 is 5.97 Å². The Hall–Kier alpha value is -0.830. The summed E-state index contributed by atoms with van der Waals surface area (Å²) in [6.45, 7) is 6.09. The lowest BCUT2D eigenvalue weighted by Crippen LogP contribution is -2.27. The smallest absolute Gasteiger partial charge is 0.335 e. The van der Waals surface area contributed by atoms with Crippen molar-refractivity contribution in [2.24, 2.45) is 5.73 Å². The average Bonchev–Trinajstić information content (AvgIpc) is 2.26. The molecule has 0 heterocycles. The Labute approximate surface area is 99.0 Å². The molecule has 1 atom stereocenters. The Morgan fingerprint density at radius 2 is 2.00 bits per heavy atom. The monoisotopic (exact) mass is 227 g/mol. The quantitative estimate of drug-likeness (QED) is 0.300. The second kappa shape index (κ2) is 9.40. The predicted octanol–water partition coefficient (Wildman–Crippen LogP) is 3.14. The number of nitrogens with two attached hydrogens (primary N) is 1. The summed E-state index contributed by atoms with van der Waals surface area (Å²) in [5, 5.41) is 0. The molecule has 0 fully saturated rings. The minimum atomic E-state index is -0.453. The van der Waals surface area contributed by atoms with E-state index in [-0.39, 0.29) is 5.97 Å². The Morgan fingerprint density at radius 1 is 1.31 bits per heavy atom. The molecule has 0 bridgehead atoms. The van der Waals surface area contributed by atoms with Gasteiger partial charge in [0.05, 0.1) is 0 Å². The topological polar surface area (TPSA) is 52.3 Å². The number of esters is 1. The fourth-order valence-electron chi connectivity index (χ4n) is 1.49. The van der Waals surface area contributed by atoms with Crippen LogP contribution in [0, 0.1) is 0 Å². The number of ether oxygens (including phenoxy) is 1. The van der Waals surface area contributed by atoms with Crippen LogP contribution in [-0.2, 0) is 9.53 Å². The first-order valence-electron chi connectivity index (χ1n) is 6.31. The van der Waals surface area contributed by atoms with Crippen LogP contribution in [0.4, 0.5) is 0 Å². The summed E-state index contributed by atoms with van der Waals surface area (Å²) >= 11 is 0. The van der Waals surface area contributed by atoms with Crippen molar-refractivity contribution in [3.63, 3.8) is 0 Å². The van der Waals surface area contributed by atoms with Gasteiger partial charge < -0.3 is 4.74 Å². The molecule has 2 N–H and O–H groups in total. The van der Waals surface area contributed by atoms with Gasteiger partial charge in [-0.25, -0.2) is 4.79 Å². The van der Waals surface area contributed by atoms with E-state index in [1.165, 1.54) is 0 Å². The van der Waals surface area contributed by atoms with Crippen LogP contribution in [0.15, 0.2) is 11.6 Å². The molecule has 0 aromatic carbocycles. The van der Waals surface area contributed by atoms with Gasteiger partial charge in [0.15, 0.2) is 6.23 Å². The predicted molar refractivity (Wildman–Crippen MR) is 66.9 cm³/mol. The highest BCUT2D eigenvalue weighted by molar-refractivity contribution is 5.88. The SMILES string of the molecule is CC/C=C(\CC)C(=O)OC(N)CCCCC. The Balaban J connectivity index is 3.97. The van der Waals surface area contributed by atoms with E-state index in [1.54, 1.807) is 0 Å². The highest BCUT2D eigenvalue weighted by atomic mass is 16.6. The number of carbonyl (C=O) groups is 1. The molecule has 0 spiro atoms. The van der Waals surface area contributed by atoms with Crippen LogP contribution in [0.5, 0.6) is 0 Å². The number of unbranched alkanes of at least 4 members (excludes halogenated alkanes) is 2. The Kier molecular flexibility index (Phi) is 8.91. The van der Waals surface area contributed by atoms with E-state index in [0.29, 0.717) is 6.42 Å². The number of carbonyl (C=O) groups excluding carboxylic acids is 1. The van der Waals surface area contributed by atoms with Crippen molar-refractivity contribution < 1.29 is 9.53 Å². The minimum Gasteiger partial charge on any atom is -0.443 e. The van der Waals surface area contributed by atoms with E-state index in [9.17, 15) is 4.79 Å². The van der Waals surface area contributed by atoms with Gasteiger partial charge in [-0.05, 0) is 25.7 Å². The van der Waals surface area contributed by atoms with Crippen molar-refractivity contribution in [3.8, 4) is 0 Å². The van der Waals surface area contributed by atoms with E-state index < -0.39 is 6.23 Å². The fourth-order valence-corrected chi connectivity index (χ4v) is 1.49. The van der Waals surface area contributed by atoms with Crippen molar-refractivity contribution in [2.45, 2.75) is 65.5 Å². The second-order valence-electron chi connectivity index (χ2n) is 3.93. The standard InChI is InChI=1S/C13H25NO2/c1-4-7-8-10-12(14)16-13(15)11(6-3)9-5-2/h9,12H,4-8,10,14H2,1-3H3/b11-9+. The molecule has 0 amide bonds. The fraction of sp³-hybridized carbons (Fsp3) is 0.769. The number of hydrogen-bond donors (Lipinski definition) is 1. The third-order valence-electron chi connectivity index (χ3n) is 2.44. The van der Waals surface area contributed by atoms with Gasteiger partial charge in [0.1, 0.15) is 0 Å². The second-order valence-corrected chi connectivity index (χ2v) is 3.93. The summed E-state index contributed by atoms with van der Waals surface area (Å²) in [5.41, 5.74) is 6.46. The maximum absolute atomic E-state index is 11.6. The molecule has 1 unspecified atom stereocenters. The summed E-state index contributed by atoms with van der Waals surface area (Å²) in [5.74, 6) is -0.256. The minimum absolute atomic E-state index is 0.256. The van der Waals surface area contributed by atoms with Crippen molar-refractivity contribution >= 4 is 5.97 Å². The normalized spacial score (nSPS) is 13.6. The lowest BCUT2D eigenvalue weighted by molar-refractivity contribution is -0.144. The zero-order valence-electron chi connectivity index (χ0n) is 10.8. The first kappa shape index (κ1) is 15.2. The first-order valence-corrected chi connectivity index (χ1v) is 6.31. The van der Waals surface area contributed by atoms with Crippen LogP contribution in [0.2, 0.25) is 0 Å². The van der Waals surface area contributed by atoms with Gasteiger partial charge in [0.2, 0.25) is 0 Å². The van der Waals surface area contributed by atoms with Gasteiger partial charge in [0.25, 0.3) is 0 Å². The maximum Gasteiger partial charge on any atom is 0.335 e. The molecule has 3 heteroatoms. The summed E-state index contributed by atoms with van der Waals surface area (Å²) in [4.78, 5) is 11.6. The molecule has 0 saturated carbocycles. The van der Waals surface area contributed by atoms with Crippen LogP contribution < -0.4 is 5.73 Å². The van der Waals surface area contributed by atoms with Crippen molar-refractivity contribution in [2.75, 3.05) is 0 Å². The molecule has 0 aliphatic carbocycles. The molecule has 0 rings (SSSR count). The summed E-state index contributed by atoms with van der Waals surface area (Å²) < 4.78 is 5.17. The molecule has 0 radical (unpaired) electrons. The van der Waals surface area contributed by atoms with E-state index in [2.05, 4.69) is 6.92 Å². The van der Waals surface area contributed by atoms with Crippen LogP contribution in [0.3, 0.4) is 0 Å². The molecule has 0 aliphatic rings. The first-order chi connectivity index (χ1) is 7.65. The Bertz CT molecular complexity index is 224. The van der Waals surface area contributed by atoms with Gasteiger partial charge in [-0.2, -0.15) is 0 Å².